The molecule has 0 unspecified atom stereocenters. The molecule has 17 heavy (non-hydrogen) atoms. The predicted molar refractivity (Wildman–Crippen MR) is 65.8 cm³/mol. The maximum atomic E-state index is 10.3. The van der Waals surface area contributed by atoms with Gasteiger partial charge in [-0.25, -0.2) is 0 Å². The van der Waals surface area contributed by atoms with Crippen LogP contribution < -0.4 is 4.74 Å². The summed E-state index contributed by atoms with van der Waals surface area (Å²) in [4.78, 5) is 16.3. The van der Waals surface area contributed by atoms with Crippen LogP contribution in [0.15, 0.2) is 18.2 Å². The summed E-state index contributed by atoms with van der Waals surface area (Å²) in [6.45, 7) is 0.392. The van der Waals surface area contributed by atoms with Gasteiger partial charge in [0, 0.05) is 12.5 Å². The monoisotopic (exact) mass is 252 g/mol. The van der Waals surface area contributed by atoms with Gasteiger partial charge in [-0.3, -0.25) is 4.79 Å². The van der Waals surface area contributed by atoms with Crippen LogP contribution in [0.5, 0.6) is 5.75 Å². The molecule has 0 saturated carbocycles. The first-order chi connectivity index (χ1) is 8.15. The number of fused-ring (bicyclic) bond motifs is 1. The fourth-order valence-corrected chi connectivity index (χ4v) is 1.73. The van der Waals surface area contributed by atoms with E-state index in [0.717, 1.165) is 11.0 Å². The Morgan fingerprint density at radius 3 is 2.88 bits per heavy atom. The van der Waals surface area contributed by atoms with Gasteiger partial charge in [0.25, 0.3) is 0 Å². The van der Waals surface area contributed by atoms with Crippen molar-refractivity contribution in [1.82, 2.24) is 9.97 Å². The van der Waals surface area contributed by atoms with E-state index in [4.69, 9.17) is 22.1 Å². The van der Waals surface area contributed by atoms with Gasteiger partial charge in [-0.1, -0.05) is 0 Å². The van der Waals surface area contributed by atoms with E-state index in [0.29, 0.717) is 23.5 Å². The Hall–Kier alpha value is -1.82. The lowest BCUT2D eigenvalue weighted by Crippen LogP contribution is -2.01. The summed E-state index contributed by atoms with van der Waals surface area (Å²) >= 11 is 4.97. The first-order valence-corrected chi connectivity index (χ1v) is 5.62. The van der Waals surface area contributed by atoms with Crippen LogP contribution in [-0.4, -0.2) is 27.7 Å². The van der Waals surface area contributed by atoms with Crippen LogP contribution in [0, 0.1) is 4.77 Å². The predicted octanol–water partition coefficient (Wildman–Crippen LogP) is 2.47. The first-order valence-electron chi connectivity index (χ1n) is 5.22. The van der Waals surface area contributed by atoms with E-state index < -0.39 is 5.97 Å². The lowest BCUT2D eigenvalue weighted by Gasteiger charge is -2.04. The molecule has 0 spiro atoms. The third-order valence-electron chi connectivity index (χ3n) is 2.29. The fraction of sp³-hybridized carbons (Fsp3) is 0.273. The van der Waals surface area contributed by atoms with Crippen LogP contribution in [0.2, 0.25) is 0 Å². The van der Waals surface area contributed by atoms with Crippen LogP contribution in [0.25, 0.3) is 11.0 Å². The molecule has 2 rings (SSSR count). The van der Waals surface area contributed by atoms with E-state index >= 15 is 0 Å². The topological polar surface area (TPSA) is 78.1 Å². The molecule has 1 heterocycles. The number of aromatic amines is 2. The quantitative estimate of drug-likeness (QED) is 0.564. The first kappa shape index (κ1) is 11.7. The summed E-state index contributed by atoms with van der Waals surface area (Å²) < 4.78 is 6.01. The summed E-state index contributed by atoms with van der Waals surface area (Å²) in [5, 5.41) is 8.48. The Labute approximate surface area is 102 Å². The maximum Gasteiger partial charge on any atom is 0.303 e. The van der Waals surface area contributed by atoms with Crippen molar-refractivity contribution in [1.29, 1.82) is 0 Å². The minimum absolute atomic E-state index is 0.120. The molecule has 6 heteroatoms. The van der Waals surface area contributed by atoms with Crippen molar-refractivity contribution < 1.29 is 14.6 Å². The molecule has 0 bridgehead atoms. The molecule has 0 aliphatic carbocycles. The molecule has 0 saturated heterocycles. The number of hydrogen-bond donors (Lipinski definition) is 3. The van der Waals surface area contributed by atoms with Crippen LogP contribution in [-0.2, 0) is 4.79 Å². The van der Waals surface area contributed by atoms with E-state index in [9.17, 15) is 4.79 Å². The molecule has 2 aromatic rings. The zero-order valence-corrected chi connectivity index (χ0v) is 9.84. The van der Waals surface area contributed by atoms with Crippen LogP contribution in [0.4, 0.5) is 0 Å². The second kappa shape index (κ2) is 5.01. The van der Waals surface area contributed by atoms with Gasteiger partial charge in [0.05, 0.1) is 17.6 Å². The number of hydrogen-bond acceptors (Lipinski definition) is 3. The van der Waals surface area contributed by atoms with E-state index in [1.165, 1.54) is 0 Å². The van der Waals surface area contributed by atoms with Gasteiger partial charge in [0.15, 0.2) is 4.77 Å². The Morgan fingerprint density at radius 2 is 2.12 bits per heavy atom. The average Bonchev–Trinajstić information content (AvgIpc) is 2.63. The van der Waals surface area contributed by atoms with Crippen molar-refractivity contribution in [2.24, 2.45) is 0 Å². The van der Waals surface area contributed by atoms with Crippen LogP contribution >= 0.6 is 12.2 Å². The third-order valence-corrected chi connectivity index (χ3v) is 2.50. The number of ether oxygens (including phenoxy) is 1. The lowest BCUT2D eigenvalue weighted by atomic mass is 10.3. The van der Waals surface area contributed by atoms with Gasteiger partial charge in [0.2, 0.25) is 0 Å². The fourth-order valence-electron chi connectivity index (χ4n) is 1.51. The lowest BCUT2D eigenvalue weighted by molar-refractivity contribution is -0.137. The van der Waals surface area contributed by atoms with Gasteiger partial charge in [0.1, 0.15) is 5.75 Å². The Bertz CT molecular complexity index is 588. The molecule has 0 aliphatic heterocycles. The Balaban J connectivity index is 1.99. The number of carboxylic acid groups (broad SMARTS) is 1. The molecule has 3 N–H and O–H groups in total. The number of carbonyl (C=O) groups is 1. The number of rotatable bonds is 5. The molecular weight excluding hydrogens is 240 g/mol. The van der Waals surface area contributed by atoms with Crippen molar-refractivity contribution >= 4 is 29.2 Å². The number of H-pyrrole nitrogens is 2. The minimum Gasteiger partial charge on any atom is -0.494 e. The highest BCUT2D eigenvalue weighted by atomic mass is 32.1. The van der Waals surface area contributed by atoms with Crippen molar-refractivity contribution in [3.05, 3.63) is 23.0 Å². The summed E-state index contributed by atoms with van der Waals surface area (Å²) in [6, 6.07) is 5.53. The normalized spacial score (nSPS) is 10.6. The SMILES string of the molecule is O=C(O)CCCOc1ccc2[nH]c(=S)[nH]c2c1. The summed E-state index contributed by atoms with van der Waals surface area (Å²) in [7, 11) is 0. The van der Waals surface area contributed by atoms with Crippen molar-refractivity contribution in [3.8, 4) is 5.75 Å². The highest BCUT2D eigenvalue weighted by molar-refractivity contribution is 7.71. The van der Waals surface area contributed by atoms with Gasteiger partial charge in [-0.2, -0.15) is 0 Å². The van der Waals surface area contributed by atoms with E-state index in [1.807, 2.05) is 18.2 Å². The zero-order valence-electron chi connectivity index (χ0n) is 9.03. The standard InChI is InChI=1S/C11H12N2O3S/c14-10(15)2-1-5-16-7-3-4-8-9(6-7)13-11(17)12-8/h3-4,6H,1-2,5H2,(H,14,15)(H2,12,13,17). The van der Waals surface area contributed by atoms with Gasteiger partial charge in [-0.15, -0.1) is 0 Å². The van der Waals surface area contributed by atoms with Crippen molar-refractivity contribution in [2.45, 2.75) is 12.8 Å². The molecule has 5 nitrogen and oxygen atoms in total. The zero-order chi connectivity index (χ0) is 12.3. The summed E-state index contributed by atoms with van der Waals surface area (Å²) in [6.07, 6.45) is 0.616. The number of aromatic nitrogens is 2. The molecular formula is C11H12N2O3S. The molecule has 0 amide bonds. The Morgan fingerprint density at radius 1 is 1.35 bits per heavy atom. The number of aliphatic carboxylic acids is 1. The molecule has 0 atom stereocenters. The average molecular weight is 252 g/mol. The van der Waals surface area contributed by atoms with Crippen LogP contribution in [0.1, 0.15) is 12.8 Å². The highest BCUT2D eigenvalue weighted by Crippen LogP contribution is 2.18. The van der Waals surface area contributed by atoms with E-state index in [2.05, 4.69) is 9.97 Å². The maximum absolute atomic E-state index is 10.3. The Kier molecular flexibility index (Phi) is 3.43. The largest absolute Gasteiger partial charge is 0.494 e. The third kappa shape index (κ3) is 3.07. The van der Waals surface area contributed by atoms with Gasteiger partial charge < -0.3 is 19.8 Å². The second-order valence-electron chi connectivity index (χ2n) is 3.63. The van der Waals surface area contributed by atoms with Crippen molar-refractivity contribution in [3.63, 3.8) is 0 Å². The number of carboxylic acids is 1. The summed E-state index contributed by atoms with van der Waals surface area (Å²) in [5.41, 5.74) is 1.80. The molecule has 0 aliphatic rings. The minimum atomic E-state index is -0.807. The number of benzene rings is 1. The number of nitrogens with one attached hydrogen (secondary N) is 2. The molecule has 1 aromatic heterocycles. The number of imidazole rings is 1. The van der Waals surface area contributed by atoms with E-state index in [-0.39, 0.29) is 6.42 Å². The summed E-state index contributed by atoms with van der Waals surface area (Å²) in [5.74, 6) is -0.105. The molecule has 1 aromatic carbocycles. The smallest absolute Gasteiger partial charge is 0.303 e. The molecule has 0 radical (unpaired) electrons. The van der Waals surface area contributed by atoms with E-state index in [1.54, 1.807) is 0 Å². The molecule has 0 fully saturated rings. The van der Waals surface area contributed by atoms with Crippen LogP contribution in [0.3, 0.4) is 0 Å². The highest BCUT2D eigenvalue weighted by Gasteiger charge is 2.01. The van der Waals surface area contributed by atoms with Crippen molar-refractivity contribution in [2.75, 3.05) is 6.61 Å². The second-order valence-corrected chi connectivity index (χ2v) is 4.04. The van der Waals surface area contributed by atoms with Gasteiger partial charge in [-0.05, 0) is 30.8 Å². The molecule has 90 valence electrons. The van der Waals surface area contributed by atoms with Gasteiger partial charge >= 0.3 is 5.97 Å².